The van der Waals surface area contributed by atoms with E-state index in [4.69, 9.17) is 0 Å². The van der Waals surface area contributed by atoms with Crippen molar-refractivity contribution >= 4 is 12.2 Å². The number of hydrogen-bond acceptors (Lipinski definition) is 0. The Morgan fingerprint density at radius 1 is 0.708 bits per heavy atom. The van der Waals surface area contributed by atoms with Gasteiger partial charge in [-0.3, -0.25) is 0 Å². The molecule has 0 saturated heterocycles. The fraction of sp³-hybridized carbons (Fsp3) is 0.0833. The molecule has 4 rings (SSSR count). The zero-order valence-electron chi connectivity index (χ0n) is 13.5. The molecule has 3 aromatic rings. The number of benzene rings is 3. The molecule has 0 nitrogen and oxygen atoms in total. The fourth-order valence-corrected chi connectivity index (χ4v) is 3.48. The minimum absolute atomic E-state index is 0.339. The summed E-state index contributed by atoms with van der Waals surface area (Å²) in [5.74, 6) is 0.731. The van der Waals surface area contributed by atoms with E-state index in [0.29, 0.717) is 11.8 Å². The van der Waals surface area contributed by atoms with Crippen molar-refractivity contribution in [2.24, 2.45) is 0 Å². The van der Waals surface area contributed by atoms with Crippen LogP contribution in [0.4, 0.5) is 0 Å². The normalized spacial score (nSPS) is 17.1. The van der Waals surface area contributed by atoms with Gasteiger partial charge in [-0.15, -0.1) is 0 Å². The molecule has 2 atom stereocenters. The molecule has 0 spiro atoms. The Balaban J connectivity index is 1.72. The van der Waals surface area contributed by atoms with Gasteiger partial charge in [-0.25, -0.2) is 0 Å². The highest BCUT2D eigenvalue weighted by Gasteiger charge is 2.25. The van der Waals surface area contributed by atoms with Gasteiger partial charge in [-0.05, 0) is 22.3 Å². The molecule has 24 heavy (non-hydrogen) atoms. The van der Waals surface area contributed by atoms with Gasteiger partial charge in [0.1, 0.15) is 0 Å². The van der Waals surface area contributed by atoms with Gasteiger partial charge in [0.2, 0.25) is 0 Å². The number of allylic oxidation sites excluding steroid dienone is 2. The van der Waals surface area contributed by atoms with Crippen LogP contribution in [0.2, 0.25) is 0 Å². The molecule has 0 N–H and O–H groups in total. The first-order valence-corrected chi connectivity index (χ1v) is 8.47. The second-order valence-corrected chi connectivity index (χ2v) is 6.22. The van der Waals surface area contributed by atoms with Crippen LogP contribution in [0.1, 0.15) is 34.1 Å². The number of rotatable bonds is 4. The van der Waals surface area contributed by atoms with Crippen molar-refractivity contribution in [3.63, 3.8) is 0 Å². The highest BCUT2D eigenvalue weighted by molar-refractivity contribution is 5.64. The molecule has 0 aromatic heterocycles. The van der Waals surface area contributed by atoms with Crippen molar-refractivity contribution in [2.45, 2.75) is 11.8 Å². The molecular formula is C24H20. The van der Waals surface area contributed by atoms with Gasteiger partial charge in [-0.2, -0.15) is 0 Å². The minimum atomic E-state index is 0.339. The lowest BCUT2D eigenvalue weighted by Crippen LogP contribution is -2.06. The summed E-state index contributed by atoms with van der Waals surface area (Å²) in [6.45, 7) is 0. The number of fused-ring (bicyclic) bond motifs is 1. The Hall–Kier alpha value is -2.86. The van der Waals surface area contributed by atoms with Crippen LogP contribution in [0.15, 0.2) is 97.1 Å². The zero-order chi connectivity index (χ0) is 16.2. The molecule has 116 valence electrons. The Morgan fingerprint density at radius 3 is 2.17 bits per heavy atom. The van der Waals surface area contributed by atoms with Crippen molar-refractivity contribution in [3.05, 3.63) is 119 Å². The van der Waals surface area contributed by atoms with Gasteiger partial charge < -0.3 is 0 Å². The van der Waals surface area contributed by atoms with Crippen LogP contribution in [0.25, 0.3) is 12.2 Å². The fourth-order valence-electron chi connectivity index (χ4n) is 3.48. The topological polar surface area (TPSA) is 0 Å². The highest BCUT2D eigenvalue weighted by atomic mass is 14.3. The third-order valence-corrected chi connectivity index (χ3v) is 4.71. The molecule has 0 aliphatic heterocycles. The Bertz CT molecular complexity index is 857. The largest absolute Gasteiger partial charge is 0.0755 e. The Labute approximate surface area is 143 Å². The molecule has 1 aliphatic carbocycles. The van der Waals surface area contributed by atoms with Crippen molar-refractivity contribution in [1.29, 1.82) is 0 Å². The van der Waals surface area contributed by atoms with E-state index in [-0.39, 0.29) is 0 Å². The summed E-state index contributed by atoms with van der Waals surface area (Å²) >= 11 is 0. The Kier molecular flexibility index (Phi) is 4.12. The Morgan fingerprint density at radius 2 is 1.38 bits per heavy atom. The highest BCUT2D eigenvalue weighted by Crippen LogP contribution is 2.41. The van der Waals surface area contributed by atoms with E-state index in [1.807, 2.05) is 0 Å². The molecule has 0 amide bonds. The van der Waals surface area contributed by atoms with Crippen molar-refractivity contribution in [3.8, 4) is 0 Å². The lowest BCUT2D eigenvalue weighted by atomic mass is 9.82. The third-order valence-electron chi connectivity index (χ3n) is 4.71. The summed E-state index contributed by atoms with van der Waals surface area (Å²) in [5, 5.41) is 0. The predicted molar refractivity (Wildman–Crippen MR) is 103 cm³/mol. The minimum Gasteiger partial charge on any atom is -0.0755 e. The SMILES string of the molecule is C1=CC(C(/C=C/c2ccccc2)c2ccccc2)c2ccccc21. The van der Waals surface area contributed by atoms with Gasteiger partial charge >= 0.3 is 0 Å². The lowest BCUT2D eigenvalue weighted by molar-refractivity contribution is 0.750. The van der Waals surface area contributed by atoms with Gasteiger partial charge in [0.15, 0.2) is 0 Å². The van der Waals surface area contributed by atoms with Crippen LogP contribution in [-0.4, -0.2) is 0 Å². The van der Waals surface area contributed by atoms with E-state index in [1.54, 1.807) is 0 Å². The van der Waals surface area contributed by atoms with Crippen LogP contribution in [0.5, 0.6) is 0 Å². The van der Waals surface area contributed by atoms with Crippen molar-refractivity contribution < 1.29 is 0 Å². The average molecular weight is 308 g/mol. The van der Waals surface area contributed by atoms with E-state index in [0.717, 1.165) is 0 Å². The quantitative estimate of drug-likeness (QED) is 0.531. The molecule has 0 fully saturated rings. The maximum absolute atomic E-state index is 2.35. The van der Waals surface area contributed by atoms with E-state index in [2.05, 4.69) is 109 Å². The monoisotopic (exact) mass is 308 g/mol. The van der Waals surface area contributed by atoms with Crippen LogP contribution in [0, 0.1) is 0 Å². The van der Waals surface area contributed by atoms with E-state index >= 15 is 0 Å². The first kappa shape index (κ1) is 14.7. The van der Waals surface area contributed by atoms with E-state index in [1.165, 1.54) is 22.3 Å². The summed E-state index contributed by atoms with van der Waals surface area (Å²) < 4.78 is 0. The first-order valence-electron chi connectivity index (χ1n) is 8.47. The van der Waals surface area contributed by atoms with Crippen molar-refractivity contribution in [1.82, 2.24) is 0 Å². The number of hydrogen-bond donors (Lipinski definition) is 0. The van der Waals surface area contributed by atoms with Gasteiger partial charge in [-0.1, -0.05) is 109 Å². The van der Waals surface area contributed by atoms with Gasteiger partial charge in [0, 0.05) is 11.8 Å². The molecular weight excluding hydrogens is 288 g/mol. The van der Waals surface area contributed by atoms with E-state index in [9.17, 15) is 0 Å². The second-order valence-electron chi connectivity index (χ2n) is 6.22. The average Bonchev–Trinajstić information content (AvgIpc) is 3.08. The summed E-state index contributed by atoms with van der Waals surface area (Å²) in [4.78, 5) is 0. The molecule has 0 heterocycles. The summed E-state index contributed by atoms with van der Waals surface area (Å²) in [6, 6.07) is 30.0. The molecule has 0 bridgehead atoms. The van der Waals surface area contributed by atoms with E-state index < -0.39 is 0 Å². The second kappa shape index (κ2) is 6.72. The molecule has 2 unspecified atom stereocenters. The maximum Gasteiger partial charge on any atom is 0.0131 e. The lowest BCUT2D eigenvalue weighted by Gasteiger charge is -2.21. The third kappa shape index (κ3) is 2.96. The molecule has 0 saturated carbocycles. The summed E-state index contributed by atoms with van der Waals surface area (Å²) in [5.41, 5.74) is 5.37. The van der Waals surface area contributed by atoms with Crippen molar-refractivity contribution in [2.75, 3.05) is 0 Å². The van der Waals surface area contributed by atoms with Crippen LogP contribution in [0.3, 0.4) is 0 Å². The molecule has 3 aromatic carbocycles. The molecule has 0 radical (unpaired) electrons. The van der Waals surface area contributed by atoms with Crippen LogP contribution >= 0.6 is 0 Å². The van der Waals surface area contributed by atoms with Gasteiger partial charge in [0.25, 0.3) is 0 Å². The summed E-state index contributed by atoms with van der Waals surface area (Å²) in [6.07, 6.45) is 9.19. The van der Waals surface area contributed by atoms with Crippen LogP contribution < -0.4 is 0 Å². The standard InChI is InChI=1S/C24H20/c1-3-9-19(10-4-1)15-17-23(20-11-5-2-6-12-20)24-18-16-21-13-7-8-14-22(21)24/h1-18,23-24H/b17-15+. The molecule has 1 aliphatic rings. The first-order chi connectivity index (χ1) is 11.9. The maximum atomic E-state index is 2.35. The molecule has 0 heteroatoms. The smallest absolute Gasteiger partial charge is 0.0131 e. The van der Waals surface area contributed by atoms with Gasteiger partial charge in [0.05, 0.1) is 0 Å². The van der Waals surface area contributed by atoms with Crippen LogP contribution in [-0.2, 0) is 0 Å². The zero-order valence-corrected chi connectivity index (χ0v) is 13.5. The predicted octanol–water partition coefficient (Wildman–Crippen LogP) is 6.29. The summed E-state index contributed by atoms with van der Waals surface area (Å²) in [7, 11) is 0.